The number of rotatable bonds is 33. The monoisotopic (exact) mass is 967 g/mol. The molecule has 0 bridgehead atoms. The van der Waals surface area contributed by atoms with Crippen LogP contribution in [0.15, 0.2) is 72.9 Å². The molecule has 18 nitrogen and oxygen atoms in total. The summed E-state index contributed by atoms with van der Waals surface area (Å²) in [6.45, 7) is 24.1. The maximum Gasteiger partial charge on any atom is 0.330 e. The van der Waals surface area contributed by atoms with E-state index in [-0.39, 0.29) is 93.0 Å². The number of hydrogen-bond acceptors (Lipinski definition) is 18. The van der Waals surface area contributed by atoms with Crippen molar-refractivity contribution in [2.75, 3.05) is 93.6 Å². The van der Waals surface area contributed by atoms with Crippen LogP contribution in [0.4, 0.5) is 17.8 Å². The first-order valence-electron chi connectivity index (χ1n) is 23.7. The van der Waals surface area contributed by atoms with Gasteiger partial charge in [-0.05, 0) is 41.5 Å². The van der Waals surface area contributed by atoms with E-state index in [1.54, 1.807) is 78.0 Å². The second-order valence-corrected chi connectivity index (χ2v) is 17.4. The SMILES string of the molecule is CC=CC(=O)OCC(C)CN(CC(C)COC(=O)C=CC)c1nc(N(CC(C)COC(=O)C=CC)CC(C)COC(=O)C=CC)nc(N(CC(C)COC(=O)C=CC)CC(C)COC(=O)C=CC)n1. The topological polar surface area (TPSA) is 206 Å². The highest BCUT2D eigenvalue weighted by Gasteiger charge is 2.27. The minimum atomic E-state index is -0.483. The van der Waals surface area contributed by atoms with E-state index in [0.29, 0.717) is 39.3 Å². The summed E-state index contributed by atoms with van der Waals surface area (Å²) in [5.74, 6) is -3.61. The summed E-state index contributed by atoms with van der Waals surface area (Å²) in [6.07, 6.45) is 17.6. The molecule has 0 aromatic carbocycles. The molecule has 6 atom stereocenters. The summed E-state index contributed by atoms with van der Waals surface area (Å²) in [4.78, 5) is 95.5. The van der Waals surface area contributed by atoms with E-state index in [2.05, 4.69) is 0 Å². The molecule has 0 aliphatic carbocycles. The Hall–Kier alpha value is -6.33. The zero-order valence-electron chi connectivity index (χ0n) is 43.0. The summed E-state index contributed by atoms with van der Waals surface area (Å²) in [7, 11) is 0. The third-order valence-electron chi connectivity index (χ3n) is 9.52. The van der Waals surface area contributed by atoms with Crippen LogP contribution >= 0.6 is 0 Å². The summed E-state index contributed by atoms with van der Waals surface area (Å²) in [5, 5.41) is 0. The molecule has 1 heterocycles. The Bertz CT molecular complexity index is 1600. The number of esters is 6. The van der Waals surface area contributed by atoms with Crippen molar-refractivity contribution in [2.45, 2.75) is 83.1 Å². The van der Waals surface area contributed by atoms with E-state index < -0.39 is 35.8 Å². The molecule has 1 rings (SSSR count). The lowest BCUT2D eigenvalue weighted by Crippen LogP contribution is -2.41. The second kappa shape index (κ2) is 34.9. The van der Waals surface area contributed by atoms with Crippen molar-refractivity contribution in [3.8, 4) is 0 Å². The van der Waals surface area contributed by atoms with Crippen molar-refractivity contribution in [1.29, 1.82) is 0 Å². The predicted molar refractivity (Wildman–Crippen MR) is 266 cm³/mol. The molecule has 0 spiro atoms. The molecule has 0 aliphatic rings. The van der Waals surface area contributed by atoms with E-state index in [1.165, 1.54) is 36.5 Å². The molecule has 384 valence electrons. The largest absolute Gasteiger partial charge is 0.462 e. The number of carbonyl (C=O) groups is 6. The molecular formula is C51H78N6O12. The van der Waals surface area contributed by atoms with Crippen LogP contribution in [0.2, 0.25) is 0 Å². The van der Waals surface area contributed by atoms with E-state index in [1.807, 2.05) is 56.2 Å². The van der Waals surface area contributed by atoms with Crippen LogP contribution in [-0.2, 0) is 57.2 Å². The van der Waals surface area contributed by atoms with Gasteiger partial charge >= 0.3 is 35.8 Å². The number of nitrogens with zero attached hydrogens (tertiary/aromatic N) is 6. The normalized spacial score (nSPS) is 14.4. The molecule has 18 heteroatoms. The van der Waals surface area contributed by atoms with Crippen molar-refractivity contribution < 1.29 is 57.2 Å². The first-order chi connectivity index (χ1) is 32.9. The van der Waals surface area contributed by atoms with Crippen LogP contribution in [0.25, 0.3) is 0 Å². The van der Waals surface area contributed by atoms with Gasteiger partial charge in [0.05, 0.1) is 39.6 Å². The van der Waals surface area contributed by atoms with E-state index in [4.69, 9.17) is 43.4 Å². The highest BCUT2D eigenvalue weighted by Crippen LogP contribution is 2.25. The quantitative estimate of drug-likeness (QED) is 0.0402. The molecule has 1 aromatic rings. The Labute approximate surface area is 409 Å². The van der Waals surface area contributed by atoms with Crippen LogP contribution in [-0.4, -0.2) is 130 Å². The third-order valence-corrected chi connectivity index (χ3v) is 9.52. The van der Waals surface area contributed by atoms with Gasteiger partial charge in [-0.15, -0.1) is 0 Å². The van der Waals surface area contributed by atoms with Crippen LogP contribution in [0.5, 0.6) is 0 Å². The maximum atomic E-state index is 12.4. The third kappa shape index (κ3) is 27.3. The molecule has 0 saturated heterocycles. The van der Waals surface area contributed by atoms with Crippen molar-refractivity contribution in [1.82, 2.24) is 15.0 Å². The Morgan fingerprint density at radius 3 is 0.609 bits per heavy atom. The second-order valence-electron chi connectivity index (χ2n) is 17.4. The Kier molecular flexibility index (Phi) is 30.7. The van der Waals surface area contributed by atoms with Gasteiger partial charge in [-0.25, -0.2) is 28.8 Å². The Morgan fingerprint density at radius 1 is 0.333 bits per heavy atom. The lowest BCUT2D eigenvalue weighted by atomic mass is 10.1. The minimum absolute atomic E-state index is 0.0766. The first-order valence-corrected chi connectivity index (χ1v) is 23.7. The molecule has 0 saturated carbocycles. The Morgan fingerprint density at radius 2 is 0.478 bits per heavy atom. The highest BCUT2D eigenvalue weighted by molar-refractivity contribution is 5.83. The van der Waals surface area contributed by atoms with E-state index in [0.717, 1.165) is 0 Å². The average Bonchev–Trinajstić information content (AvgIpc) is 3.30. The van der Waals surface area contributed by atoms with Gasteiger partial charge in [-0.2, -0.15) is 15.0 Å². The molecule has 0 amide bonds. The molecular weight excluding hydrogens is 889 g/mol. The fourth-order valence-electron chi connectivity index (χ4n) is 6.51. The van der Waals surface area contributed by atoms with Crippen molar-refractivity contribution in [3.05, 3.63) is 72.9 Å². The number of carbonyl (C=O) groups excluding carboxylic acids is 6. The van der Waals surface area contributed by atoms with Gasteiger partial charge in [0.25, 0.3) is 0 Å². The number of anilines is 3. The molecule has 0 radical (unpaired) electrons. The maximum absolute atomic E-state index is 12.4. The van der Waals surface area contributed by atoms with Crippen molar-refractivity contribution in [3.63, 3.8) is 0 Å². The molecule has 6 unspecified atom stereocenters. The van der Waals surface area contributed by atoms with Crippen LogP contribution in [0, 0.1) is 35.5 Å². The van der Waals surface area contributed by atoms with Crippen molar-refractivity contribution in [2.24, 2.45) is 35.5 Å². The van der Waals surface area contributed by atoms with Crippen LogP contribution in [0.3, 0.4) is 0 Å². The molecule has 0 aliphatic heterocycles. The lowest BCUT2D eigenvalue weighted by Gasteiger charge is -2.34. The van der Waals surface area contributed by atoms with Gasteiger partial charge in [0.15, 0.2) is 0 Å². The smallest absolute Gasteiger partial charge is 0.330 e. The molecule has 69 heavy (non-hydrogen) atoms. The van der Waals surface area contributed by atoms with Gasteiger partial charge in [0.2, 0.25) is 17.8 Å². The number of aromatic nitrogens is 3. The predicted octanol–water partition coefficient (Wildman–Crippen LogP) is 6.82. The molecule has 0 N–H and O–H groups in total. The van der Waals surface area contributed by atoms with E-state index in [9.17, 15) is 28.8 Å². The molecule has 1 aromatic heterocycles. The van der Waals surface area contributed by atoms with Crippen LogP contribution in [0.1, 0.15) is 83.1 Å². The average molecular weight is 967 g/mol. The zero-order chi connectivity index (χ0) is 51.7. The number of hydrogen-bond donors (Lipinski definition) is 0. The standard InChI is InChI=1S/C51H78N6O12/c1-13-19-43(58)64-31-37(7)25-55(26-38(8)32-65-44(59)20-14-2)49-52-50(56(27-39(9)33-66-45(60)21-15-3)28-40(10)34-67-46(61)22-16-4)54-51(53-49)57(29-41(11)35-68-47(62)23-17-5)30-42(12)36-69-48(63)24-18-6/h13-24,37-42H,25-36H2,1-12H3. The first kappa shape index (κ1) is 60.7. The van der Waals surface area contributed by atoms with Crippen LogP contribution < -0.4 is 14.7 Å². The lowest BCUT2D eigenvalue weighted by molar-refractivity contribution is -0.139. The summed E-state index contributed by atoms with van der Waals surface area (Å²) in [5.41, 5.74) is 0. The summed E-state index contributed by atoms with van der Waals surface area (Å²) < 4.78 is 33.3. The zero-order valence-corrected chi connectivity index (χ0v) is 43.0. The summed E-state index contributed by atoms with van der Waals surface area (Å²) in [6, 6.07) is 0. The fourth-order valence-corrected chi connectivity index (χ4v) is 6.51. The Balaban J connectivity index is 4.22. The minimum Gasteiger partial charge on any atom is -0.462 e. The van der Waals surface area contributed by atoms with Gasteiger partial charge in [0.1, 0.15) is 0 Å². The van der Waals surface area contributed by atoms with E-state index >= 15 is 0 Å². The van der Waals surface area contributed by atoms with Gasteiger partial charge in [-0.1, -0.05) is 78.0 Å². The summed E-state index contributed by atoms with van der Waals surface area (Å²) >= 11 is 0. The molecule has 0 fully saturated rings. The van der Waals surface area contributed by atoms with Gasteiger partial charge in [0, 0.05) is 111 Å². The number of allylic oxidation sites excluding steroid dienone is 6. The fraction of sp³-hybridized carbons (Fsp3) is 0.588. The van der Waals surface area contributed by atoms with Crippen molar-refractivity contribution >= 4 is 53.7 Å². The number of ether oxygens (including phenoxy) is 6. The van der Waals surface area contributed by atoms with Gasteiger partial charge in [-0.3, -0.25) is 0 Å². The van der Waals surface area contributed by atoms with Gasteiger partial charge < -0.3 is 43.1 Å². The highest BCUT2D eigenvalue weighted by atomic mass is 16.6.